The minimum absolute atomic E-state index is 0.220. The van der Waals surface area contributed by atoms with Crippen molar-refractivity contribution in [3.05, 3.63) is 80.0 Å². The molecule has 5 heteroatoms. The van der Waals surface area contributed by atoms with Gasteiger partial charge in [0.25, 0.3) is 0 Å². The summed E-state index contributed by atoms with van der Waals surface area (Å²) in [5.74, 6) is -1.21. The number of hydrogen-bond acceptors (Lipinski definition) is 2. The minimum Gasteiger partial charge on any atom is -0.477 e. The molecule has 0 fully saturated rings. The zero-order valence-corrected chi connectivity index (χ0v) is 14.0. The fourth-order valence-corrected chi connectivity index (χ4v) is 2.90. The smallest absolute Gasteiger partial charge is 0.341 e. The van der Waals surface area contributed by atoms with Crippen LogP contribution < -0.4 is 5.43 Å². The first-order valence-corrected chi connectivity index (χ1v) is 7.86. The van der Waals surface area contributed by atoms with Gasteiger partial charge in [0, 0.05) is 22.6 Å². The topological polar surface area (TPSA) is 59.3 Å². The van der Waals surface area contributed by atoms with E-state index in [1.165, 1.54) is 6.20 Å². The molecular weight excluding hydrogens is 358 g/mol. The van der Waals surface area contributed by atoms with Crippen LogP contribution in [0.25, 0.3) is 10.9 Å². The van der Waals surface area contributed by atoms with Crippen molar-refractivity contribution in [1.29, 1.82) is 0 Å². The first-order valence-electron chi connectivity index (χ1n) is 7.07. The van der Waals surface area contributed by atoms with Crippen molar-refractivity contribution in [2.24, 2.45) is 0 Å². The van der Waals surface area contributed by atoms with Crippen LogP contribution in [0.4, 0.5) is 0 Å². The molecule has 116 valence electrons. The number of rotatable bonds is 3. The molecule has 0 aliphatic heterocycles. The van der Waals surface area contributed by atoms with Crippen LogP contribution in [0.15, 0.2) is 57.9 Å². The Labute approximate surface area is 141 Å². The van der Waals surface area contributed by atoms with Crippen LogP contribution in [0.5, 0.6) is 0 Å². The Bertz CT molecular complexity index is 958. The Kier molecular flexibility index (Phi) is 4.05. The zero-order chi connectivity index (χ0) is 16.6. The van der Waals surface area contributed by atoms with Gasteiger partial charge >= 0.3 is 5.97 Å². The van der Waals surface area contributed by atoms with Crippen molar-refractivity contribution in [3.8, 4) is 0 Å². The molecule has 1 N–H and O–H groups in total. The van der Waals surface area contributed by atoms with Crippen LogP contribution >= 0.6 is 15.9 Å². The number of carboxylic acid groups (broad SMARTS) is 1. The standard InChI is InChI=1S/C18H14BrNO3/c1-11-2-4-12(5-3-11)9-20-10-15(18(22)23)17(21)14-8-13(19)6-7-16(14)20/h2-8,10H,9H2,1H3,(H,22,23). The number of hydrogen-bond donors (Lipinski definition) is 1. The van der Waals surface area contributed by atoms with Gasteiger partial charge in [0.05, 0.1) is 5.52 Å². The quantitative estimate of drug-likeness (QED) is 0.761. The zero-order valence-electron chi connectivity index (χ0n) is 12.4. The summed E-state index contributed by atoms with van der Waals surface area (Å²) in [6.45, 7) is 2.51. The maximum Gasteiger partial charge on any atom is 0.341 e. The molecule has 0 bridgehead atoms. The average Bonchev–Trinajstić information content (AvgIpc) is 2.52. The van der Waals surface area contributed by atoms with Crippen molar-refractivity contribution < 1.29 is 9.90 Å². The third-order valence-corrected chi connectivity index (χ3v) is 4.24. The lowest BCUT2D eigenvalue weighted by Crippen LogP contribution is -2.19. The molecule has 0 aliphatic rings. The lowest BCUT2D eigenvalue weighted by Gasteiger charge is -2.13. The summed E-state index contributed by atoms with van der Waals surface area (Å²) in [5, 5.41) is 9.69. The summed E-state index contributed by atoms with van der Waals surface area (Å²) in [6.07, 6.45) is 1.42. The highest BCUT2D eigenvalue weighted by Gasteiger charge is 2.14. The van der Waals surface area contributed by atoms with Crippen molar-refractivity contribution >= 4 is 32.8 Å². The molecule has 0 radical (unpaired) electrons. The molecule has 4 nitrogen and oxygen atoms in total. The van der Waals surface area contributed by atoms with Gasteiger partial charge < -0.3 is 9.67 Å². The highest BCUT2D eigenvalue weighted by atomic mass is 79.9. The van der Waals surface area contributed by atoms with Crippen LogP contribution in [0.2, 0.25) is 0 Å². The molecule has 0 unspecified atom stereocenters. The average molecular weight is 372 g/mol. The largest absolute Gasteiger partial charge is 0.477 e. The van der Waals surface area contributed by atoms with Crippen LogP contribution in [-0.2, 0) is 6.54 Å². The van der Waals surface area contributed by atoms with E-state index in [1.54, 1.807) is 10.6 Å². The van der Waals surface area contributed by atoms with Gasteiger partial charge in [-0.2, -0.15) is 0 Å². The maximum absolute atomic E-state index is 12.4. The lowest BCUT2D eigenvalue weighted by molar-refractivity contribution is 0.0695. The second kappa shape index (κ2) is 6.01. The highest BCUT2D eigenvalue weighted by Crippen LogP contribution is 2.19. The Morgan fingerprint density at radius 1 is 1.17 bits per heavy atom. The maximum atomic E-state index is 12.4. The van der Waals surface area contributed by atoms with E-state index in [9.17, 15) is 14.7 Å². The first-order chi connectivity index (χ1) is 11.0. The summed E-state index contributed by atoms with van der Waals surface area (Å²) in [5.41, 5.74) is 2.23. The summed E-state index contributed by atoms with van der Waals surface area (Å²) in [4.78, 5) is 23.7. The van der Waals surface area contributed by atoms with Crippen LogP contribution in [0.3, 0.4) is 0 Å². The number of pyridine rings is 1. The van der Waals surface area contributed by atoms with E-state index in [1.807, 2.05) is 43.3 Å². The fraction of sp³-hybridized carbons (Fsp3) is 0.111. The fourth-order valence-electron chi connectivity index (χ4n) is 2.54. The highest BCUT2D eigenvalue weighted by molar-refractivity contribution is 9.10. The molecule has 0 saturated heterocycles. The molecular formula is C18H14BrNO3. The molecule has 1 heterocycles. The SMILES string of the molecule is Cc1ccc(Cn2cc(C(=O)O)c(=O)c3cc(Br)ccc32)cc1. The summed E-state index contributed by atoms with van der Waals surface area (Å²) in [7, 11) is 0. The lowest BCUT2D eigenvalue weighted by atomic mass is 10.1. The molecule has 0 atom stereocenters. The van der Waals surface area contributed by atoms with Gasteiger partial charge in [-0.3, -0.25) is 4.79 Å². The number of halogens is 1. The molecule has 0 spiro atoms. The minimum atomic E-state index is -1.21. The van der Waals surface area contributed by atoms with Gasteiger partial charge in [-0.25, -0.2) is 4.79 Å². The van der Waals surface area contributed by atoms with Gasteiger partial charge in [-0.05, 0) is 30.7 Å². The summed E-state index contributed by atoms with van der Waals surface area (Å²) in [6, 6.07) is 13.3. The second-order valence-corrected chi connectivity index (χ2v) is 6.37. The Hall–Kier alpha value is -2.40. The summed E-state index contributed by atoms with van der Waals surface area (Å²) < 4.78 is 2.55. The normalized spacial score (nSPS) is 10.9. The third-order valence-electron chi connectivity index (χ3n) is 3.75. The van der Waals surface area contributed by atoms with E-state index >= 15 is 0 Å². The number of benzene rings is 2. The van der Waals surface area contributed by atoms with E-state index in [0.29, 0.717) is 17.4 Å². The van der Waals surface area contributed by atoms with Gasteiger partial charge in [-0.15, -0.1) is 0 Å². The van der Waals surface area contributed by atoms with Crippen molar-refractivity contribution in [3.63, 3.8) is 0 Å². The van der Waals surface area contributed by atoms with Crippen LogP contribution in [0, 0.1) is 6.92 Å². The van der Waals surface area contributed by atoms with Crippen molar-refractivity contribution in [1.82, 2.24) is 4.57 Å². The molecule has 23 heavy (non-hydrogen) atoms. The van der Waals surface area contributed by atoms with Gasteiger partial charge in [0.1, 0.15) is 5.56 Å². The number of fused-ring (bicyclic) bond motifs is 1. The number of carbonyl (C=O) groups is 1. The second-order valence-electron chi connectivity index (χ2n) is 5.45. The molecule has 0 aliphatic carbocycles. The van der Waals surface area contributed by atoms with Gasteiger partial charge in [0.2, 0.25) is 5.43 Å². The van der Waals surface area contributed by atoms with Gasteiger partial charge in [0.15, 0.2) is 0 Å². The molecule has 3 rings (SSSR count). The molecule has 3 aromatic rings. The Balaban J connectivity index is 2.22. The Morgan fingerprint density at radius 3 is 2.52 bits per heavy atom. The van der Waals surface area contributed by atoms with E-state index in [0.717, 1.165) is 15.6 Å². The monoisotopic (exact) mass is 371 g/mol. The van der Waals surface area contributed by atoms with Gasteiger partial charge in [-0.1, -0.05) is 45.8 Å². The number of aromatic carboxylic acids is 1. The van der Waals surface area contributed by atoms with E-state index < -0.39 is 11.4 Å². The number of nitrogens with zero attached hydrogens (tertiary/aromatic N) is 1. The van der Waals surface area contributed by atoms with Crippen molar-refractivity contribution in [2.45, 2.75) is 13.5 Å². The van der Waals surface area contributed by atoms with Crippen molar-refractivity contribution in [2.75, 3.05) is 0 Å². The predicted molar refractivity (Wildman–Crippen MR) is 93.1 cm³/mol. The predicted octanol–water partition coefficient (Wildman–Crippen LogP) is 3.82. The van der Waals surface area contributed by atoms with Crippen LogP contribution in [0.1, 0.15) is 21.5 Å². The van der Waals surface area contributed by atoms with E-state index in [2.05, 4.69) is 15.9 Å². The number of aromatic nitrogens is 1. The third kappa shape index (κ3) is 3.05. The molecule has 1 aromatic heterocycles. The number of carboxylic acids is 1. The molecule has 0 amide bonds. The van der Waals surface area contributed by atoms with Crippen LogP contribution in [-0.4, -0.2) is 15.6 Å². The summed E-state index contributed by atoms with van der Waals surface area (Å²) >= 11 is 3.33. The van der Waals surface area contributed by atoms with E-state index in [-0.39, 0.29) is 5.56 Å². The number of aryl methyl sites for hydroxylation is 1. The molecule has 2 aromatic carbocycles. The Morgan fingerprint density at radius 2 is 1.87 bits per heavy atom. The molecule has 0 saturated carbocycles. The van der Waals surface area contributed by atoms with E-state index in [4.69, 9.17) is 0 Å². The first kappa shape index (κ1) is 15.5.